The molecular weight excluding hydrogens is 328 g/mol. The second kappa shape index (κ2) is 8.23. The van der Waals surface area contributed by atoms with Crippen LogP contribution >= 0.6 is 0 Å². The highest BCUT2D eigenvalue weighted by Crippen LogP contribution is 2.29. The van der Waals surface area contributed by atoms with Gasteiger partial charge in [-0.05, 0) is 54.6 Å². The summed E-state index contributed by atoms with van der Waals surface area (Å²) >= 11 is 0. The first-order valence-corrected chi connectivity index (χ1v) is 9.09. The Morgan fingerprint density at radius 1 is 1.08 bits per heavy atom. The first-order chi connectivity index (χ1) is 12.6. The molecule has 0 unspecified atom stereocenters. The van der Waals surface area contributed by atoms with Crippen molar-refractivity contribution in [2.75, 3.05) is 20.1 Å². The van der Waals surface area contributed by atoms with Crippen LogP contribution in [-0.2, 0) is 17.8 Å². The van der Waals surface area contributed by atoms with Gasteiger partial charge in [0.15, 0.2) is 11.5 Å². The molecule has 2 aromatic carbocycles. The Hall–Kier alpha value is -2.53. The highest BCUT2D eigenvalue weighted by molar-refractivity contribution is 5.79. The van der Waals surface area contributed by atoms with Crippen molar-refractivity contribution in [3.8, 4) is 11.5 Å². The molecule has 0 radical (unpaired) electrons. The zero-order chi connectivity index (χ0) is 18.5. The Morgan fingerprint density at radius 2 is 1.85 bits per heavy atom. The van der Waals surface area contributed by atoms with Crippen LogP contribution in [0, 0.1) is 0 Å². The average molecular weight is 354 g/mol. The molecule has 1 aliphatic heterocycles. The predicted octanol–water partition coefficient (Wildman–Crippen LogP) is 2.77. The van der Waals surface area contributed by atoms with Gasteiger partial charge in [-0.1, -0.05) is 30.3 Å². The van der Waals surface area contributed by atoms with Crippen molar-refractivity contribution in [3.63, 3.8) is 0 Å². The van der Waals surface area contributed by atoms with Gasteiger partial charge in [-0.25, -0.2) is 0 Å². The molecule has 5 nitrogen and oxygen atoms in total. The highest BCUT2D eigenvalue weighted by atomic mass is 16.3. The molecule has 0 saturated carbocycles. The van der Waals surface area contributed by atoms with Crippen LogP contribution in [0.25, 0.3) is 0 Å². The van der Waals surface area contributed by atoms with Gasteiger partial charge >= 0.3 is 0 Å². The fraction of sp³-hybridized carbons (Fsp3) is 0.381. The van der Waals surface area contributed by atoms with Crippen molar-refractivity contribution in [3.05, 3.63) is 59.2 Å². The fourth-order valence-corrected chi connectivity index (χ4v) is 3.59. The summed E-state index contributed by atoms with van der Waals surface area (Å²) in [6.45, 7) is 2.37. The third-order valence-corrected chi connectivity index (χ3v) is 5.05. The molecule has 5 heteroatoms. The van der Waals surface area contributed by atoms with Crippen molar-refractivity contribution in [1.29, 1.82) is 0 Å². The Kier molecular flexibility index (Phi) is 5.78. The van der Waals surface area contributed by atoms with Gasteiger partial charge in [0, 0.05) is 19.6 Å². The van der Waals surface area contributed by atoms with Crippen LogP contribution < -0.4 is 5.32 Å². The number of rotatable bonds is 5. The van der Waals surface area contributed by atoms with Gasteiger partial charge in [-0.2, -0.15) is 0 Å². The first kappa shape index (κ1) is 18.3. The van der Waals surface area contributed by atoms with E-state index in [1.54, 1.807) is 6.07 Å². The van der Waals surface area contributed by atoms with E-state index >= 15 is 0 Å². The van der Waals surface area contributed by atoms with Crippen LogP contribution in [0.2, 0.25) is 0 Å². The quantitative estimate of drug-likeness (QED) is 0.722. The minimum absolute atomic E-state index is 0.0671. The molecule has 1 saturated heterocycles. The highest BCUT2D eigenvalue weighted by Gasteiger charge is 2.24. The van der Waals surface area contributed by atoms with Gasteiger partial charge in [0.1, 0.15) is 0 Å². The molecule has 0 spiro atoms. The van der Waals surface area contributed by atoms with Crippen molar-refractivity contribution in [2.45, 2.75) is 31.7 Å². The minimum Gasteiger partial charge on any atom is -0.504 e. The van der Waals surface area contributed by atoms with Crippen LogP contribution in [0.4, 0.5) is 0 Å². The van der Waals surface area contributed by atoms with E-state index in [-0.39, 0.29) is 23.8 Å². The zero-order valence-corrected chi connectivity index (χ0v) is 15.1. The van der Waals surface area contributed by atoms with Crippen molar-refractivity contribution in [1.82, 2.24) is 10.2 Å². The van der Waals surface area contributed by atoms with Crippen LogP contribution in [0.5, 0.6) is 11.5 Å². The number of likely N-dealkylation sites (tertiary alicyclic amines) is 1. The van der Waals surface area contributed by atoms with Crippen LogP contribution in [0.1, 0.15) is 35.4 Å². The number of hydrogen-bond acceptors (Lipinski definition) is 4. The van der Waals surface area contributed by atoms with E-state index < -0.39 is 0 Å². The number of amides is 1. The van der Waals surface area contributed by atoms with Gasteiger partial charge in [0.2, 0.25) is 5.91 Å². The topological polar surface area (TPSA) is 72.8 Å². The number of nitrogens with one attached hydrogen (secondary N) is 1. The lowest BCUT2D eigenvalue weighted by Gasteiger charge is -2.32. The third-order valence-electron chi connectivity index (χ3n) is 5.05. The molecule has 0 aromatic heterocycles. The van der Waals surface area contributed by atoms with Crippen molar-refractivity contribution < 1.29 is 15.0 Å². The number of phenols is 2. The lowest BCUT2D eigenvalue weighted by atomic mass is 9.88. The molecular formula is C21H26N2O3. The van der Waals surface area contributed by atoms with E-state index in [0.29, 0.717) is 11.5 Å². The summed E-state index contributed by atoms with van der Waals surface area (Å²) in [7, 11) is 1.95. The predicted molar refractivity (Wildman–Crippen MR) is 101 cm³/mol. The first-order valence-electron chi connectivity index (χ1n) is 9.09. The lowest BCUT2D eigenvalue weighted by Crippen LogP contribution is -2.38. The normalized spacial score (nSPS) is 15.2. The number of aromatic hydroxyl groups is 2. The Balaban J connectivity index is 1.56. The van der Waals surface area contributed by atoms with Crippen molar-refractivity contribution in [2.24, 2.45) is 0 Å². The fourth-order valence-electron chi connectivity index (χ4n) is 3.59. The summed E-state index contributed by atoms with van der Waals surface area (Å²) in [5.74, 6) is 0.212. The van der Waals surface area contributed by atoms with Gasteiger partial charge < -0.3 is 20.4 Å². The van der Waals surface area contributed by atoms with E-state index in [9.17, 15) is 15.0 Å². The molecule has 0 bridgehead atoms. The number of hydrogen-bond donors (Lipinski definition) is 3. The molecule has 1 amide bonds. The van der Waals surface area contributed by atoms with Crippen LogP contribution in [0.3, 0.4) is 0 Å². The van der Waals surface area contributed by atoms with E-state index in [4.69, 9.17) is 0 Å². The molecule has 3 N–H and O–H groups in total. The number of phenolic OH excluding ortho intramolecular Hbond substituents is 2. The average Bonchev–Trinajstić information content (AvgIpc) is 2.65. The number of nitrogens with zero attached hydrogens (tertiary/aromatic N) is 1. The number of benzene rings is 2. The summed E-state index contributed by atoms with van der Waals surface area (Å²) < 4.78 is 0. The van der Waals surface area contributed by atoms with E-state index in [1.807, 2.05) is 11.9 Å². The monoisotopic (exact) mass is 354 g/mol. The maximum Gasteiger partial charge on any atom is 0.226 e. The molecule has 1 heterocycles. The molecule has 1 fully saturated rings. The van der Waals surface area contributed by atoms with Gasteiger partial charge in [0.05, 0.1) is 6.42 Å². The lowest BCUT2D eigenvalue weighted by molar-refractivity contribution is -0.131. The SMILES string of the molecule is CNCc1cccc(C2CCN(C(=O)Cc3ccc(O)c(O)c3)CC2)c1. The molecule has 0 atom stereocenters. The Morgan fingerprint density at radius 3 is 2.54 bits per heavy atom. The zero-order valence-electron chi connectivity index (χ0n) is 15.1. The Bertz CT molecular complexity index is 768. The number of piperidine rings is 1. The summed E-state index contributed by atoms with van der Waals surface area (Å²) in [6.07, 6.45) is 2.18. The molecule has 0 aliphatic carbocycles. The maximum atomic E-state index is 12.5. The standard InChI is InChI=1S/C21H26N2O3/c1-22-14-16-3-2-4-18(11-16)17-7-9-23(10-8-17)21(26)13-15-5-6-19(24)20(25)12-15/h2-6,11-12,17,22,24-25H,7-10,13-14H2,1H3. The molecule has 138 valence electrons. The largest absolute Gasteiger partial charge is 0.504 e. The number of carbonyl (C=O) groups is 1. The van der Waals surface area contributed by atoms with Crippen LogP contribution in [0.15, 0.2) is 42.5 Å². The molecule has 26 heavy (non-hydrogen) atoms. The smallest absolute Gasteiger partial charge is 0.226 e. The maximum absolute atomic E-state index is 12.5. The van der Waals surface area contributed by atoms with E-state index in [0.717, 1.165) is 32.5 Å². The second-order valence-electron chi connectivity index (χ2n) is 6.93. The van der Waals surface area contributed by atoms with E-state index in [2.05, 4.69) is 29.6 Å². The summed E-state index contributed by atoms with van der Waals surface area (Å²) in [5, 5.41) is 22.1. The van der Waals surface area contributed by atoms with Crippen LogP contribution in [-0.4, -0.2) is 41.2 Å². The van der Waals surface area contributed by atoms with Gasteiger partial charge in [0.25, 0.3) is 0 Å². The molecule has 1 aliphatic rings. The summed E-state index contributed by atoms with van der Waals surface area (Å²) in [5.41, 5.74) is 3.36. The molecule has 2 aromatic rings. The van der Waals surface area contributed by atoms with Gasteiger partial charge in [-0.3, -0.25) is 4.79 Å². The van der Waals surface area contributed by atoms with Gasteiger partial charge in [-0.15, -0.1) is 0 Å². The summed E-state index contributed by atoms with van der Waals surface area (Å²) in [6, 6.07) is 13.2. The van der Waals surface area contributed by atoms with Crippen molar-refractivity contribution >= 4 is 5.91 Å². The molecule has 3 rings (SSSR count). The number of carbonyl (C=O) groups excluding carboxylic acids is 1. The minimum atomic E-state index is -0.185. The van der Waals surface area contributed by atoms with E-state index in [1.165, 1.54) is 23.3 Å². The summed E-state index contributed by atoms with van der Waals surface area (Å²) in [4.78, 5) is 14.4. The third kappa shape index (κ3) is 4.35. The Labute approximate surface area is 154 Å². The second-order valence-corrected chi connectivity index (χ2v) is 6.93.